The molecule has 0 spiro atoms. The van der Waals surface area contributed by atoms with Gasteiger partial charge in [-0.15, -0.1) is 11.3 Å². The average Bonchev–Trinajstić information content (AvgIpc) is 3.08. The monoisotopic (exact) mass is 331 g/mol. The minimum atomic E-state index is -0.106. The highest BCUT2D eigenvalue weighted by Crippen LogP contribution is 2.18. The Labute approximate surface area is 140 Å². The molecule has 4 nitrogen and oxygen atoms in total. The van der Waals surface area contributed by atoms with Crippen LogP contribution >= 0.6 is 11.3 Å². The highest BCUT2D eigenvalue weighted by molar-refractivity contribution is 7.10. The van der Waals surface area contributed by atoms with E-state index in [1.54, 1.807) is 35.6 Å². The predicted octanol–water partition coefficient (Wildman–Crippen LogP) is 3.99. The Morgan fingerprint density at radius 3 is 2.52 bits per heavy atom. The van der Waals surface area contributed by atoms with Gasteiger partial charge < -0.3 is 10.1 Å². The second-order valence-corrected chi connectivity index (χ2v) is 6.16. The van der Waals surface area contributed by atoms with Gasteiger partial charge in [0, 0.05) is 23.3 Å². The third kappa shape index (κ3) is 5.21. The molecule has 5 heteroatoms. The van der Waals surface area contributed by atoms with Crippen molar-refractivity contribution in [3.05, 3.63) is 52.2 Å². The maximum absolute atomic E-state index is 12.1. The molecule has 1 unspecified atom stereocenters. The smallest absolute Gasteiger partial charge is 0.220 e. The van der Waals surface area contributed by atoms with E-state index in [-0.39, 0.29) is 30.6 Å². The highest BCUT2D eigenvalue weighted by atomic mass is 32.1. The van der Waals surface area contributed by atoms with Crippen molar-refractivity contribution in [2.24, 2.45) is 0 Å². The van der Waals surface area contributed by atoms with Crippen LogP contribution in [0.4, 0.5) is 0 Å². The van der Waals surface area contributed by atoms with E-state index in [1.165, 1.54) is 0 Å². The molecule has 122 valence electrons. The van der Waals surface area contributed by atoms with E-state index in [2.05, 4.69) is 5.32 Å². The van der Waals surface area contributed by atoms with Crippen LogP contribution in [0.5, 0.6) is 5.75 Å². The van der Waals surface area contributed by atoms with Gasteiger partial charge in [-0.05, 0) is 49.6 Å². The quantitative estimate of drug-likeness (QED) is 0.744. The van der Waals surface area contributed by atoms with Crippen molar-refractivity contribution in [3.8, 4) is 5.75 Å². The molecule has 0 fully saturated rings. The summed E-state index contributed by atoms with van der Waals surface area (Å²) >= 11 is 1.61. The van der Waals surface area contributed by atoms with Gasteiger partial charge in [-0.25, -0.2) is 0 Å². The summed E-state index contributed by atoms with van der Waals surface area (Å²) in [5, 5.41) is 4.89. The molecule has 0 saturated heterocycles. The van der Waals surface area contributed by atoms with Crippen LogP contribution in [0.2, 0.25) is 0 Å². The fraction of sp³-hybridized carbons (Fsp3) is 0.333. The van der Waals surface area contributed by atoms with E-state index < -0.39 is 0 Å². The molecule has 0 radical (unpaired) electrons. The average molecular weight is 331 g/mol. The fourth-order valence-corrected chi connectivity index (χ4v) is 2.93. The normalized spacial score (nSPS) is 11.7. The zero-order chi connectivity index (χ0) is 16.7. The standard InChI is InChI=1S/C18H21NO3S/c1-3-22-15-8-6-14(7-9-15)16(20)10-11-18(21)19-13(2)17-5-4-12-23-17/h4-9,12-13H,3,10-11H2,1-2H3,(H,19,21). The van der Waals surface area contributed by atoms with E-state index in [9.17, 15) is 9.59 Å². The third-order valence-electron chi connectivity index (χ3n) is 3.41. The van der Waals surface area contributed by atoms with E-state index in [0.29, 0.717) is 12.2 Å². The number of hydrogen-bond acceptors (Lipinski definition) is 4. The van der Waals surface area contributed by atoms with Crippen molar-refractivity contribution in [3.63, 3.8) is 0 Å². The first-order valence-electron chi connectivity index (χ1n) is 7.69. The molecule has 23 heavy (non-hydrogen) atoms. The molecule has 1 atom stereocenters. The number of hydrogen-bond donors (Lipinski definition) is 1. The highest BCUT2D eigenvalue weighted by Gasteiger charge is 2.13. The molecule has 1 N–H and O–H groups in total. The van der Waals surface area contributed by atoms with Crippen molar-refractivity contribution >= 4 is 23.0 Å². The Morgan fingerprint density at radius 1 is 1.17 bits per heavy atom. The number of benzene rings is 1. The minimum absolute atomic E-state index is 0.0249. The summed E-state index contributed by atoms with van der Waals surface area (Å²) in [5.41, 5.74) is 0.604. The lowest BCUT2D eigenvalue weighted by molar-refractivity contribution is -0.121. The second kappa shape index (κ2) is 8.48. The predicted molar refractivity (Wildman–Crippen MR) is 92.1 cm³/mol. The van der Waals surface area contributed by atoms with Crippen LogP contribution in [0, 0.1) is 0 Å². The zero-order valence-corrected chi connectivity index (χ0v) is 14.2. The molecule has 1 aromatic heterocycles. The van der Waals surface area contributed by atoms with Crippen molar-refractivity contribution in [2.45, 2.75) is 32.7 Å². The number of carbonyl (C=O) groups excluding carboxylic acids is 2. The second-order valence-electron chi connectivity index (χ2n) is 5.19. The lowest BCUT2D eigenvalue weighted by atomic mass is 10.1. The first-order chi connectivity index (χ1) is 11.1. The third-order valence-corrected chi connectivity index (χ3v) is 4.47. The van der Waals surface area contributed by atoms with Gasteiger partial charge in [-0.1, -0.05) is 6.07 Å². The number of nitrogens with one attached hydrogen (secondary N) is 1. The summed E-state index contributed by atoms with van der Waals surface area (Å²) in [7, 11) is 0. The van der Waals surface area contributed by atoms with Gasteiger partial charge in [-0.2, -0.15) is 0 Å². The molecule has 0 aliphatic heterocycles. The first kappa shape index (κ1) is 17.2. The summed E-state index contributed by atoms with van der Waals surface area (Å²) < 4.78 is 5.34. The molecule has 1 amide bonds. The van der Waals surface area contributed by atoms with Crippen molar-refractivity contribution in [1.29, 1.82) is 0 Å². The molecule has 1 aromatic carbocycles. The van der Waals surface area contributed by atoms with Crippen LogP contribution < -0.4 is 10.1 Å². The van der Waals surface area contributed by atoms with Gasteiger partial charge in [0.15, 0.2) is 5.78 Å². The number of rotatable bonds is 8. The number of thiophene rings is 1. The summed E-state index contributed by atoms with van der Waals surface area (Å²) in [5.74, 6) is 0.601. The molecule has 2 aromatic rings. The Kier molecular flexibility index (Phi) is 6.35. The Bertz CT molecular complexity index is 635. The summed E-state index contributed by atoms with van der Waals surface area (Å²) in [4.78, 5) is 25.2. The number of ketones is 1. The minimum Gasteiger partial charge on any atom is -0.494 e. The van der Waals surface area contributed by atoms with Crippen molar-refractivity contribution < 1.29 is 14.3 Å². The topological polar surface area (TPSA) is 55.4 Å². The van der Waals surface area contributed by atoms with Gasteiger partial charge in [-0.3, -0.25) is 9.59 Å². The maximum Gasteiger partial charge on any atom is 0.220 e. The van der Waals surface area contributed by atoms with E-state index in [1.807, 2.05) is 31.4 Å². The van der Waals surface area contributed by atoms with E-state index in [4.69, 9.17) is 4.74 Å². The lowest BCUT2D eigenvalue weighted by Gasteiger charge is -2.12. The van der Waals surface area contributed by atoms with Gasteiger partial charge >= 0.3 is 0 Å². The summed E-state index contributed by atoms with van der Waals surface area (Å²) in [6.45, 7) is 4.45. The molecule has 0 aliphatic carbocycles. The number of amides is 1. The Hall–Kier alpha value is -2.14. The Balaban J connectivity index is 1.80. The fourth-order valence-electron chi connectivity index (χ4n) is 2.20. The summed E-state index contributed by atoms with van der Waals surface area (Å²) in [6, 6.07) is 10.9. The molecule has 1 heterocycles. The number of carbonyl (C=O) groups is 2. The molecule has 0 saturated carbocycles. The van der Waals surface area contributed by atoms with Crippen LogP contribution in [-0.2, 0) is 4.79 Å². The largest absolute Gasteiger partial charge is 0.494 e. The number of ether oxygens (including phenoxy) is 1. The SMILES string of the molecule is CCOc1ccc(C(=O)CCC(=O)NC(C)c2cccs2)cc1. The van der Waals surface area contributed by atoms with Gasteiger partial charge in [0.2, 0.25) is 5.91 Å². The van der Waals surface area contributed by atoms with Crippen molar-refractivity contribution in [2.75, 3.05) is 6.61 Å². The van der Waals surface area contributed by atoms with Crippen LogP contribution in [0.1, 0.15) is 48.0 Å². The molecule has 0 aliphatic rings. The van der Waals surface area contributed by atoms with Crippen LogP contribution in [0.3, 0.4) is 0 Å². The maximum atomic E-state index is 12.1. The van der Waals surface area contributed by atoms with Crippen LogP contribution in [0.15, 0.2) is 41.8 Å². The Morgan fingerprint density at radius 2 is 1.91 bits per heavy atom. The van der Waals surface area contributed by atoms with Crippen LogP contribution in [-0.4, -0.2) is 18.3 Å². The number of Topliss-reactive ketones (excluding diaryl/α,β-unsaturated/α-hetero) is 1. The van der Waals surface area contributed by atoms with E-state index >= 15 is 0 Å². The van der Waals surface area contributed by atoms with Gasteiger partial charge in [0.25, 0.3) is 0 Å². The van der Waals surface area contributed by atoms with Gasteiger partial charge in [0.1, 0.15) is 5.75 Å². The van der Waals surface area contributed by atoms with Crippen molar-refractivity contribution in [1.82, 2.24) is 5.32 Å². The van der Waals surface area contributed by atoms with Gasteiger partial charge in [0.05, 0.1) is 12.6 Å². The zero-order valence-electron chi connectivity index (χ0n) is 13.4. The summed E-state index contributed by atoms with van der Waals surface area (Å²) in [6.07, 6.45) is 0.402. The molecule has 0 bridgehead atoms. The molecular formula is C18H21NO3S. The first-order valence-corrected chi connectivity index (χ1v) is 8.57. The molecular weight excluding hydrogens is 310 g/mol. The molecule has 2 rings (SSSR count). The lowest BCUT2D eigenvalue weighted by Crippen LogP contribution is -2.26. The van der Waals surface area contributed by atoms with E-state index in [0.717, 1.165) is 10.6 Å². The van der Waals surface area contributed by atoms with Crippen LogP contribution in [0.25, 0.3) is 0 Å².